The molecule has 2 atom stereocenters. The third-order valence-corrected chi connectivity index (χ3v) is 7.60. The standard InChI is InChI=1S/C33H41NO5/c1-4-39-30-16-20-34(21-17-30)23-28-9-7-26(8-10-28)5-6-27-11-13-29(14-12-27)32(38)25(2)15-19-33(3,24-36)31(37)18-22-35/h7-14,24-25,30,35H,4,15-23H2,1-3H3/t25?,33-/m0/s1. The summed E-state index contributed by atoms with van der Waals surface area (Å²) in [4.78, 5) is 39.1. The Labute approximate surface area is 232 Å². The van der Waals surface area contributed by atoms with Crippen LogP contribution >= 0.6 is 0 Å². The van der Waals surface area contributed by atoms with Crippen LogP contribution in [0.15, 0.2) is 48.5 Å². The van der Waals surface area contributed by atoms with Crippen molar-refractivity contribution in [3.8, 4) is 11.8 Å². The van der Waals surface area contributed by atoms with Crippen LogP contribution in [0.4, 0.5) is 0 Å². The Morgan fingerprint density at radius 3 is 2.21 bits per heavy atom. The number of piperidine rings is 1. The predicted octanol–water partition coefficient (Wildman–Crippen LogP) is 4.84. The van der Waals surface area contributed by atoms with Crippen molar-refractivity contribution in [3.05, 3.63) is 70.8 Å². The third-order valence-electron chi connectivity index (χ3n) is 7.60. The van der Waals surface area contributed by atoms with Crippen molar-refractivity contribution in [1.29, 1.82) is 0 Å². The predicted molar refractivity (Wildman–Crippen MR) is 152 cm³/mol. The minimum atomic E-state index is -1.17. The minimum absolute atomic E-state index is 0.0323. The van der Waals surface area contributed by atoms with Gasteiger partial charge in [0.25, 0.3) is 0 Å². The Bertz CT molecular complexity index is 1150. The quantitative estimate of drug-likeness (QED) is 0.172. The first-order chi connectivity index (χ1) is 18.8. The van der Waals surface area contributed by atoms with E-state index >= 15 is 0 Å². The van der Waals surface area contributed by atoms with Gasteiger partial charge >= 0.3 is 0 Å². The molecule has 6 nitrogen and oxygen atoms in total. The molecule has 1 saturated heterocycles. The molecule has 0 bridgehead atoms. The normalized spacial score (nSPS) is 16.5. The van der Waals surface area contributed by atoms with Crippen molar-refractivity contribution in [1.82, 2.24) is 4.90 Å². The number of carbonyl (C=O) groups excluding carboxylic acids is 3. The van der Waals surface area contributed by atoms with E-state index in [0.29, 0.717) is 24.4 Å². The lowest BCUT2D eigenvalue weighted by Crippen LogP contribution is -2.36. The molecule has 208 valence electrons. The lowest BCUT2D eigenvalue weighted by molar-refractivity contribution is -0.134. The molecule has 1 N–H and O–H groups in total. The summed E-state index contributed by atoms with van der Waals surface area (Å²) in [7, 11) is 0. The molecule has 6 heteroatoms. The number of carbonyl (C=O) groups is 3. The molecule has 1 unspecified atom stereocenters. The Morgan fingerprint density at radius 1 is 1.08 bits per heavy atom. The molecule has 0 saturated carbocycles. The highest BCUT2D eigenvalue weighted by atomic mass is 16.5. The Hall–Kier alpha value is -3.11. The van der Waals surface area contributed by atoms with E-state index in [1.165, 1.54) is 5.56 Å². The molecule has 1 aliphatic heterocycles. The molecule has 1 heterocycles. The second kappa shape index (κ2) is 14.9. The maximum Gasteiger partial charge on any atom is 0.165 e. The summed E-state index contributed by atoms with van der Waals surface area (Å²) in [5.41, 5.74) is 2.45. The second-order valence-corrected chi connectivity index (χ2v) is 10.7. The molecule has 1 fully saturated rings. The minimum Gasteiger partial charge on any atom is -0.396 e. The summed E-state index contributed by atoms with van der Waals surface area (Å²) >= 11 is 0. The maximum atomic E-state index is 12.9. The van der Waals surface area contributed by atoms with Crippen LogP contribution in [-0.4, -0.2) is 60.3 Å². The number of nitrogens with zero attached hydrogens (tertiary/aromatic N) is 1. The van der Waals surface area contributed by atoms with Gasteiger partial charge in [-0.3, -0.25) is 14.5 Å². The van der Waals surface area contributed by atoms with Crippen LogP contribution in [0.1, 0.15) is 79.9 Å². The zero-order chi connectivity index (χ0) is 28.3. The molecule has 3 rings (SSSR count). The molecule has 2 aromatic carbocycles. The summed E-state index contributed by atoms with van der Waals surface area (Å²) < 4.78 is 5.74. The average Bonchev–Trinajstić information content (AvgIpc) is 2.96. The zero-order valence-corrected chi connectivity index (χ0v) is 23.4. The van der Waals surface area contributed by atoms with E-state index in [1.54, 1.807) is 19.1 Å². The van der Waals surface area contributed by atoms with Gasteiger partial charge in [0.05, 0.1) is 11.5 Å². The van der Waals surface area contributed by atoms with Crippen molar-refractivity contribution in [2.24, 2.45) is 11.3 Å². The van der Waals surface area contributed by atoms with Gasteiger partial charge in [-0.1, -0.05) is 43.0 Å². The topological polar surface area (TPSA) is 83.9 Å². The van der Waals surface area contributed by atoms with Gasteiger partial charge in [0.1, 0.15) is 12.1 Å². The number of ether oxygens (including phenoxy) is 1. The summed E-state index contributed by atoms with van der Waals surface area (Å²) in [5, 5.41) is 9.02. The lowest BCUT2D eigenvalue weighted by Gasteiger charge is -2.31. The second-order valence-electron chi connectivity index (χ2n) is 10.7. The molecule has 0 spiro atoms. The van der Waals surface area contributed by atoms with Crippen molar-refractivity contribution < 1.29 is 24.2 Å². The Kier molecular flexibility index (Phi) is 11.6. The van der Waals surface area contributed by atoms with Crippen molar-refractivity contribution in [3.63, 3.8) is 0 Å². The van der Waals surface area contributed by atoms with Crippen LogP contribution in [0, 0.1) is 23.2 Å². The van der Waals surface area contributed by atoms with Gasteiger partial charge in [-0.15, -0.1) is 0 Å². The number of likely N-dealkylation sites (tertiary alicyclic amines) is 1. The molecule has 0 aromatic heterocycles. The van der Waals surface area contributed by atoms with E-state index in [0.717, 1.165) is 50.2 Å². The number of aldehydes is 1. The van der Waals surface area contributed by atoms with Crippen molar-refractivity contribution in [2.45, 2.75) is 65.5 Å². The van der Waals surface area contributed by atoms with Crippen molar-refractivity contribution >= 4 is 17.9 Å². The smallest absolute Gasteiger partial charge is 0.165 e. The van der Waals surface area contributed by atoms with E-state index in [1.807, 2.05) is 31.2 Å². The number of hydrogen-bond donors (Lipinski definition) is 1. The molecular formula is C33H41NO5. The van der Waals surface area contributed by atoms with Crippen LogP contribution in [-0.2, 0) is 20.9 Å². The maximum absolute atomic E-state index is 12.9. The van der Waals surface area contributed by atoms with E-state index in [2.05, 4.69) is 35.8 Å². The lowest BCUT2D eigenvalue weighted by atomic mass is 9.78. The van der Waals surface area contributed by atoms with Gasteiger partial charge in [-0.05, 0) is 69.4 Å². The fourth-order valence-corrected chi connectivity index (χ4v) is 4.87. The fraction of sp³-hybridized carbons (Fsp3) is 0.485. The van der Waals surface area contributed by atoms with Crippen LogP contribution in [0.2, 0.25) is 0 Å². The zero-order valence-electron chi connectivity index (χ0n) is 23.4. The highest BCUT2D eigenvalue weighted by Gasteiger charge is 2.33. The van der Waals surface area contributed by atoms with Gasteiger partial charge in [0, 0.05) is 61.9 Å². The Morgan fingerprint density at radius 2 is 1.67 bits per heavy atom. The first-order valence-electron chi connectivity index (χ1n) is 14.0. The number of rotatable bonds is 13. The number of benzene rings is 2. The van der Waals surface area contributed by atoms with E-state index in [9.17, 15) is 14.4 Å². The summed E-state index contributed by atoms with van der Waals surface area (Å²) in [6, 6.07) is 15.6. The number of Topliss-reactive ketones (excluding diaryl/α,β-unsaturated/α-hetero) is 2. The molecule has 1 aliphatic rings. The van der Waals surface area contributed by atoms with Gasteiger partial charge in [0.15, 0.2) is 5.78 Å². The van der Waals surface area contributed by atoms with Gasteiger partial charge in [0.2, 0.25) is 0 Å². The third kappa shape index (κ3) is 8.96. The fourth-order valence-electron chi connectivity index (χ4n) is 4.87. The SMILES string of the molecule is CCOC1CCN(Cc2ccc(C#Cc3ccc(C(=O)C(C)CC[C@@](C)(C=O)C(=O)CCO)cc3)cc2)CC1. The largest absolute Gasteiger partial charge is 0.396 e. The van der Waals surface area contributed by atoms with Crippen LogP contribution in [0.3, 0.4) is 0 Å². The molecule has 0 amide bonds. The van der Waals surface area contributed by atoms with E-state index < -0.39 is 5.41 Å². The average molecular weight is 532 g/mol. The molecule has 0 aliphatic carbocycles. The first-order valence-corrected chi connectivity index (χ1v) is 14.0. The summed E-state index contributed by atoms with van der Waals surface area (Å²) in [5.74, 6) is 5.70. The molecular weight excluding hydrogens is 490 g/mol. The number of aliphatic hydroxyl groups excluding tert-OH is 1. The monoisotopic (exact) mass is 531 g/mol. The van der Waals surface area contributed by atoms with Crippen LogP contribution < -0.4 is 0 Å². The molecule has 0 radical (unpaired) electrons. The van der Waals surface area contributed by atoms with Gasteiger partial charge in [-0.25, -0.2) is 0 Å². The summed E-state index contributed by atoms with van der Waals surface area (Å²) in [6.45, 7) is 9.00. The van der Waals surface area contributed by atoms with Gasteiger partial charge < -0.3 is 14.6 Å². The number of ketones is 2. The van der Waals surface area contributed by atoms with E-state index in [4.69, 9.17) is 9.84 Å². The molecule has 39 heavy (non-hydrogen) atoms. The van der Waals surface area contributed by atoms with Crippen molar-refractivity contribution in [2.75, 3.05) is 26.3 Å². The highest BCUT2D eigenvalue weighted by molar-refractivity contribution is 5.99. The molecule has 2 aromatic rings. The first kappa shape index (κ1) is 30.4. The Balaban J connectivity index is 1.51. The van der Waals surface area contributed by atoms with Crippen LogP contribution in [0.5, 0.6) is 0 Å². The van der Waals surface area contributed by atoms with Crippen LogP contribution in [0.25, 0.3) is 0 Å². The number of aliphatic hydroxyl groups is 1. The van der Waals surface area contributed by atoms with Gasteiger partial charge in [-0.2, -0.15) is 0 Å². The highest BCUT2D eigenvalue weighted by Crippen LogP contribution is 2.27. The summed E-state index contributed by atoms with van der Waals surface area (Å²) in [6.07, 6.45) is 3.85. The van der Waals surface area contributed by atoms with E-state index in [-0.39, 0.29) is 36.9 Å². The number of hydrogen-bond acceptors (Lipinski definition) is 6.